The number of nitrogen functional groups attached to an aromatic ring is 1. The van der Waals surface area contributed by atoms with Crippen LogP contribution in [0.4, 0.5) is 11.4 Å². The Bertz CT molecular complexity index is 482. The Morgan fingerprint density at radius 3 is 3.00 bits per heavy atom. The summed E-state index contributed by atoms with van der Waals surface area (Å²) in [6.07, 6.45) is 2.11. The van der Waals surface area contributed by atoms with E-state index in [1.54, 1.807) is 25.1 Å². The van der Waals surface area contributed by atoms with Crippen LogP contribution >= 0.6 is 0 Å². The fourth-order valence-electron chi connectivity index (χ4n) is 2.31. The quantitative estimate of drug-likeness (QED) is 0.639. The molecule has 3 N–H and O–H groups in total. The Labute approximate surface area is 119 Å². The molecule has 1 fully saturated rings. The van der Waals surface area contributed by atoms with Crippen molar-refractivity contribution < 1.29 is 14.3 Å². The van der Waals surface area contributed by atoms with E-state index in [9.17, 15) is 4.79 Å². The van der Waals surface area contributed by atoms with Gasteiger partial charge in [0.15, 0.2) is 0 Å². The highest BCUT2D eigenvalue weighted by Crippen LogP contribution is 2.27. The highest BCUT2D eigenvalue weighted by Gasteiger charge is 2.29. The van der Waals surface area contributed by atoms with Gasteiger partial charge in [0.2, 0.25) is 0 Å². The van der Waals surface area contributed by atoms with Crippen molar-refractivity contribution in [3.05, 3.63) is 23.8 Å². The van der Waals surface area contributed by atoms with E-state index in [2.05, 4.69) is 12.2 Å². The largest absolute Gasteiger partial charge is 0.462 e. The maximum absolute atomic E-state index is 11.7. The lowest BCUT2D eigenvalue weighted by atomic mass is 10.0. The van der Waals surface area contributed by atoms with Gasteiger partial charge in [-0.2, -0.15) is 0 Å². The molecule has 0 spiro atoms. The number of carbonyl (C=O) groups is 1. The molecule has 1 unspecified atom stereocenters. The zero-order valence-electron chi connectivity index (χ0n) is 12.1. The molecule has 0 radical (unpaired) electrons. The van der Waals surface area contributed by atoms with Crippen molar-refractivity contribution >= 4 is 17.3 Å². The number of nitrogens with one attached hydrogen (secondary N) is 1. The standard InChI is InChI=1S/C15H22N2O3/c1-3-19-14(18)11-5-6-12(16)13(9-11)17-10-15(2)7-4-8-20-15/h5-6,9,17H,3-4,7-8,10,16H2,1-2H3. The Balaban J connectivity index is 2.06. The number of anilines is 2. The highest BCUT2D eigenvalue weighted by atomic mass is 16.5. The summed E-state index contributed by atoms with van der Waals surface area (Å²) in [7, 11) is 0. The molecular formula is C15H22N2O3. The molecule has 20 heavy (non-hydrogen) atoms. The van der Waals surface area contributed by atoms with Crippen molar-refractivity contribution in [2.24, 2.45) is 0 Å². The summed E-state index contributed by atoms with van der Waals surface area (Å²) in [6.45, 7) is 5.70. The van der Waals surface area contributed by atoms with E-state index in [0.29, 0.717) is 24.4 Å². The van der Waals surface area contributed by atoms with Gasteiger partial charge >= 0.3 is 5.97 Å². The minimum Gasteiger partial charge on any atom is -0.462 e. The number of benzene rings is 1. The Kier molecular flexibility index (Phi) is 4.49. The molecule has 0 saturated carbocycles. The number of hydrogen-bond donors (Lipinski definition) is 2. The van der Waals surface area contributed by atoms with E-state index < -0.39 is 0 Å². The predicted octanol–water partition coefficient (Wildman–Crippen LogP) is 2.43. The minimum absolute atomic E-state index is 0.160. The summed E-state index contributed by atoms with van der Waals surface area (Å²) < 4.78 is 10.7. The lowest BCUT2D eigenvalue weighted by Crippen LogP contribution is -2.32. The fraction of sp³-hybridized carbons (Fsp3) is 0.533. The lowest BCUT2D eigenvalue weighted by molar-refractivity contribution is 0.0315. The van der Waals surface area contributed by atoms with Gasteiger partial charge in [-0.25, -0.2) is 4.79 Å². The molecule has 1 aliphatic heterocycles. The molecule has 0 amide bonds. The van der Waals surface area contributed by atoms with Crippen LogP contribution in [0.1, 0.15) is 37.0 Å². The summed E-state index contributed by atoms with van der Waals surface area (Å²) in [5, 5.41) is 3.27. The van der Waals surface area contributed by atoms with Gasteiger partial charge in [0.05, 0.1) is 29.1 Å². The van der Waals surface area contributed by atoms with E-state index in [-0.39, 0.29) is 11.6 Å². The molecule has 1 aromatic rings. The maximum Gasteiger partial charge on any atom is 0.338 e. The van der Waals surface area contributed by atoms with E-state index in [0.717, 1.165) is 25.1 Å². The van der Waals surface area contributed by atoms with Crippen molar-refractivity contribution in [3.8, 4) is 0 Å². The van der Waals surface area contributed by atoms with Crippen LogP contribution in [0.5, 0.6) is 0 Å². The molecule has 110 valence electrons. The summed E-state index contributed by atoms with van der Waals surface area (Å²) in [5.41, 5.74) is 7.63. The van der Waals surface area contributed by atoms with E-state index in [4.69, 9.17) is 15.2 Å². The van der Waals surface area contributed by atoms with Crippen LogP contribution in [0.25, 0.3) is 0 Å². The molecule has 5 nitrogen and oxygen atoms in total. The number of carbonyl (C=O) groups excluding carboxylic acids is 1. The van der Waals surface area contributed by atoms with Gasteiger partial charge in [0, 0.05) is 13.2 Å². The van der Waals surface area contributed by atoms with Gasteiger partial charge in [0.25, 0.3) is 0 Å². The van der Waals surface area contributed by atoms with Crippen LogP contribution in [0, 0.1) is 0 Å². The first-order chi connectivity index (χ1) is 9.54. The fourth-order valence-corrected chi connectivity index (χ4v) is 2.31. The monoisotopic (exact) mass is 278 g/mol. The normalized spacial score (nSPS) is 21.7. The third-order valence-electron chi connectivity index (χ3n) is 3.52. The number of rotatable bonds is 5. The Hall–Kier alpha value is -1.75. The summed E-state index contributed by atoms with van der Waals surface area (Å²) in [5.74, 6) is -0.334. The molecule has 1 aliphatic rings. The summed E-state index contributed by atoms with van der Waals surface area (Å²) >= 11 is 0. The molecule has 1 aromatic carbocycles. The number of nitrogens with two attached hydrogens (primary N) is 1. The van der Waals surface area contributed by atoms with Crippen molar-refractivity contribution in [2.45, 2.75) is 32.3 Å². The van der Waals surface area contributed by atoms with Crippen molar-refractivity contribution in [1.29, 1.82) is 0 Å². The van der Waals surface area contributed by atoms with Crippen molar-refractivity contribution in [2.75, 3.05) is 30.8 Å². The molecule has 0 aliphatic carbocycles. The molecule has 1 atom stereocenters. The molecule has 1 saturated heterocycles. The molecular weight excluding hydrogens is 256 g/mol. The van der Waals surface area contributed by atoms with E-state index in [1.807, 2.05) is 0 Å². The molecule has 1 heterocycles. The average Bonchev–Trinajstić information content (AvgIpc) is 2.85. The molecule has 0 aromatic heterocycles. The minimum atomic E-state index is -0.334. The highest BCUT2D eigenvalue weighted by molar-refractivity contribution is 5.92. The maximum atomic E-state index is 11.7. The summed E-state index contributed by atoms with van der Waals surface area (Å²) in [4.78, 5) is 11.7. The van der Waals surface area contributed by atoms with Gasteiger partial charge < -0.3 is 20.5 Å². The van der Waals surface area contributed by atoms with Crippen LogP contribution in [0.3, 0.4) is 0 Å². The third kappa shape index (κ3) is 3.42. The Morgan fingerprint density at radius 2 is 2.35 bits per heavy atom. The lowest BCUT2D eigenvalue weighted by Gasteiger charge is -2.24. The van der Waals surface area contributed by atoms with Gasteiger partial charge in [-0.3, -0.25) is 0 Å². The Morgan fingerprint density at radius 1 is 1.55 bits per heavy atom. The zero-order chi connectivity index (χ0) is 14.6. The van der Waals surface area contributed by atoms with Crippen LogP contribution in [0.2, 0.25) is 0 Å². The molecule has 0 bridgehead atoms. The second-order valence-corrected chi connectivity index (χ2v) is 5.28. The molecule has 2 rings (SSSR count). The van der Waals surface area contributed by atoms with Gasteiger partial charge in [0.1, 0.15) is 0 Å². The van der Waals surface area contributed by atoms with Crippen LogP contribution in [-0.2, 0) is 9.47 Å². The first-order valence-electron chi connectivity index (χ1n) is 6.98. The van der Waals surface area contributed by atoms with Crippen molar-refractivity contribution in [1.82, 2.24) is 0 Å². The number of hydrogen-bond acceptors (Lipinski definition) is 5. The topological polar surface area (TPSA) is 73.6 Å². The zero-order valence-corrected chi connectivity index (χ0v) is 12.1. The van der Waals surface area contributed by atoms with Gasteiger partial charge in [-0.15, -0.1) is 0 Å². The van der Waals surface area contributed by atoms with Crippen LogP contribution in [-0.4, -0.2) is 31.3 Å². The number of ether oxygens (including phenoxy) is 2. The molecule has 5 heteroatoms. The second kappa shape index (κ2) is 6.13. The smallest absolute Gasteiger partial charge is 0.338 e. The van der Waals surface area contributed by atoms with Crippen LogP contribution < -0.4 is 11.1 Å². The van der Waals surface area contributed by atoms with Gasteiger partial charge in [-0.1, -0.05) is 0 Å². The predicted molar refractivity (Wildman–Crippen MR) is 78.9 cm³/mol. The SMILES string of the molecule is CCOC(=O)c1ccc(N)c(NCC2(C)CCCO2)c1. The average molecular weight is 278 g/mol. The van der Waals surface area contributed by atoms with E-state index >= 15 is 0 Å². The first-order valence-corrected chi connectivity index (χ1v) is 6.98. The first kappa shape index (κ1) is 14.7. The summed E-state index contributed by atoms with van der Waals surface area (Å²) in [6, 6.07) is 5.12. The van der Waals surface area contributed by atoms with Crippen molar-refractivity contribution in [3.63, 3.8) is 0 Å². The second-order valence-electron chi connectivity index (χ2n) is 5.28. The van der Waals surface area contributed by atoms with Crippen LogP contribution in [0.15, 0.2) is 18.2 Å². The number of esters is 1. The van der Waals surface area contributed by atoms with Gasteiger partial charge in [-0.05, 0) is 44.9 Å². The van der Waals surface area contributed by atoms with E-state index in [1.165, 1.54) is 0 Å². The third-order valence-corrected chi connectivity index (χ3v) is 3.52.